The topological polar surface area (TPSA) is 57.6 Å². The molecule has 0 radical (unpaired) electrons. The standard InChI is InChI=1S/C18H23NO3/c1-12(11-20)13-7-9-19(10-8-13)18(22)16-4-2-3-15-14(16)5-6-17(15)21/h2-4,12-13,20H,5-11H2,1H3/t12-/m1/s1. The minimum atomic E-state index is 0.0571. The van der Waals surface area contributed by atoms with Crippen LogP contribution in [0.1, 0.15) is 52.5 Å². The van der Waals surface area contributed by atoms with Crippen LogP contribution in [0.25, 0.3) is 0 Å². The van der Waals surface area contributed by atoms with E-state index in [0.717, 1.165) is 37.1 Å². The second-order valence-corrected chi connectivity index (χ2v) is 6.54. The molecule has 1 saturated heterocycles. The van der Waals surface area contributed by atoms with E-state index in [0.29, 0.717) is 30.2 Å². The first kappa shape index (κ1) is 15.2. The lowest BCUT2D eigenvalue weighted by Crippen LogP contribution is -2.40. The number of benzene rings is 1. The number of nitrogens with zero attached hydrogens (tertiary/aromatic N) is 1. The summed E-state index contributed by atoms with van der Waals surface area (Å²) < 4.78 is 0. The minimum Gasteiger partial charge on any atom is -0.396 e. The smallest absolute Gasteiger partial charge is 0.254 e. The molecule has 1 aliphatic carbocycles. The summed E-state index contributed by atoms with van der Waals surface area (Å²) in [6, 6.07) is 5.49. The zero-order valence-corrected chi connectivity index (χ0v) is 13.0. The van der Waals surface area contributed by atoms with Crippen molar-refractivity contribution in [3.05, 3.63) is 34.9 Å². The number of carbonyl (C=O) groups is 2. The Hall–Kier alpha value is -1.68. The SMILES string of the molecule is C[C@H](CO)C1CCN(C(=O)c2cccc3c2CCC3=O)CC1. The Kier molecular flexibility index (Phi) is 4.30. The predicted molar refractivity (Wildman–Crippen MR) is 84.0 cm³/mol. The molecular formula is C18H23NO3. The first-order valence-electron chi connectivity index (χ1n) is 8.17. The number of amides is 1. The highest BCUT2D eigenvalue weighted by Crippen LogP contribution is 2.29. The number of ketones is 1. The number of likely N-dealkylation sites (tertiary alicyclic amines) is 1. The lowest BCUT2D eigenvalue weighted by molar-refractivity contribution is 0.0631. The summed E-state index contributed by atoms with van der Waals surface area (Å²) in [4.78, 5) is 26.5. The molecule has 0 unspecified atom stereocenters. The third-order valence-electron chi connectivity index (χ3n) is 5.23. The van der Waals surface area contributed by atoms with E-state index in [1.54, 1.807) is 0 Å². The van der Waals surface area contributed by atoms with Gasteiger partial charge >= 0.3 is 0 Å². The van der Waals surface area contributed by atoms with Crippen LogP contribution in [0.5, 0.6) is 0 Å². The largest absolute Gasteiger partial charge is 0.396 e. The van der Waals surface area contributed by atoms with Gasteiger partial charge in [0.1, 0.15) is 0 Å². The zero-order chi connectivity index (χ0) is 15.7. The Morgan fingerprint density at radius 3 is 2.73 bits per heavy atom. The fourth-order valence-electron chi connectivity index (χ4n) is 3.68. The Labute approximate surface area is 131 Å². The van der Waals surface area contributed by atoms with Gasteiger partial charge < -0.3 is 10.0 Å². The van der Waals surface area contributed by atoms with Crippen LogP contribution in [0.15, 0.2) is 18.2 Å². The molecular weight excluding hydrogens is 278 g/mol. The van der Waals surface area contributed by atoms with Crippen LogP contribution in [0.2, 0.25) is 0 Å². The number of hydrogen-bond acceptors (Lipinski definition) is 3. The first-order valence-corrected chi connectivity index (χ1v) is 8.17. The summed E-state index contributed by atoms with van der Waals surface area (Å²) in [5.41, 5.74) is 2.37. The van der Waals surface area contributed by atoms with Crippen molar-refractivity contribution in [1.82, 2.24) is 4.90 Å². The second kappa shape index (κ2) is 6.21. The molecule has 1 amide bonds. The summed E-state index contributed by atoms with van der Waals surface area (Å²) in [7, 11) is 0. The lowest BCUT2D eigenvalue weighted by Gasteiger charge is -2.34. The van der Waals surface area contributed by atoms with E-state index in [1.165, 1.54) is 0 Å². The normalized spacial score (nSPS) is 20.1. The molecule has 22 heavy (non-hydrogen) atoms. The molecule has 4 nitrogen and oxygen atoms in total. The fourth-order valence-corrected chi connectivity index (χ4v) is 3.68. The maximum atomic E-state index is 12.8. The van der Waals surface area contributed by atoms with E-state index in [1.807, 2.05) is 23.1 Å². The van der Waals surface area contributed by atoms with Crippen LogP contribution in [-0.2, 0) is 6.42 Å². The van der Waals surface area contributed by atoms with Gasteiger partial charge in [0.2, 0.25) is 0 Å². The number of aliphatic hydroxyl groups is 1. The van der Waals surface area contributed by atoms with Crippen LogP contribution >= 0.6 is 0 Å². The van der Waals surface area contributed by atoms with Crippen LogP contribution in [-0.4, -0.2) is 41.4 Å². The third-order valence-corrected chi connectivity index (χ3v) is 5.23. The van der Waals surface area contributed by atoms with Crippen molar-refractivity contribution in [2.24, 2.45) is 11.8 Å². The Bertz CT molecular complexity index is 588. The minimum absolute atomic E-state index is 0.0571. The van der Waals surface area contributed by atoms with Gasteiger partial charge in [0.25, 0.3) is 5.91 Å². The summed E-state index contributed by atoms with van der Waals surface area (Å²) in [5, 5.41) is 9.26. The van der Waals surface area contributed by atoms with Gasteiger partial charge in [0.05, 0.1) is 0 Å². The molecule has 2 aliphatic rings. The molecule has 0 saturated carbocycles. The fraction of sp³-hybridized carbons (Fsp3) is 0.556. The second-order valence-electron chi connectivity index (χ2n) is 6.54. The number of fused-ring (bicyclic) bond motifs is 1. The van der Waals surface area contributed by atoms with Gasteiger partial charge in [-0.15, -0.1) is 0 Å². The molecule has 1 aromatic rings. The highest BCUT2D eigenvalue weighted by molar-refractivity contribution is 6.05. The van der Waals surface area contributed by atoms with Crippen molar-refractivity contribution >= 4 is 11.7 Å². The molecule has 1 N–H and O–H groups in total. The third kappa shape index (κ3) is 2.68. The van der Waals surface area contributed by atoms with Crippen LogP contribution in [0.4, 0.5) is 0 Å². The van der Waals surface area contributed by atoms with Gasteiger partial charge in [-0.25, -0.2) is 0 Å². The molecule has 0 bridgehead atoms. The maximum Gasteiger partial charge on any atom is 0.254 e. The highest BCUT2D eigenvalue weighted by Gasteiger charge is 2.30. The van der Waals surface area contributed by atoms with Crippen LogP contribution in [0, 0.1) is 11.8 Å². The van der Waals surface area contributed by atoms with Gasteiger partial charge in [-0.2, -0.15) is 0 Å². The monoisotopic (exact) mass is 301 g/mol. The Morgan fingerprint density at radius 2 is 2.05 bits per heavy atom. The quantitative estimate of drug-likeness (QED) is 0.932. The van der Waals surface area contributed by atoms with Crippen molar-refractivity contribution in [3.63, 3.8) is 0 Å². The van der Waals surface area contributed by atoms with Gasteiger partial charge in [-0.05, 0) is 42.7 Å². The summed E-state index contributed by atoms with van der Waals surface area (Å²) in [6.07, 6.45) is 3.10. The number of carbonyl (C=O) groups excluding carboxylic acids is 2. The molecule has 0 aromatic heterocycles. The van der Waals surface area contributed by atoms with E-state index in [-0.39, 0.29) is 18.3 Å². The summed E-state index contributed by atoms with van der Waals surface area (Å²) >= 11 is 0. The van der Waals surface area contributed by atoms with Crippen molar-refractivity contribution in [2.45, 2.75) is 32.6 Å². The van der Waals surface area contributed by atoms with Crippen LogP contribution in [0.3, 0.4) is 0 Å². The molecule has 3 rings (SSSR count). The van der Waals surface area contributed by atoms with Crippen molar-refractivity contribution in [1.29, 1.82) is 0 Å². The van der Waals surface area contributed by atoms with Crippen molar-refractivity contribution < 1.29 is 14.7 Å². The summed E-state index contributed by atoms with van der Waals surface area (Å²) in [5.74, 6) is 1.01. The Balaban J connectivity index is 1.73. The number of hydrogen-bond donors (Lipinski definition) is 1. The zero-order valence-electron chi connectivity index (χ0n) is 13.0. The molecule has 118 valence electrons. The highest BCUT2D eigenvalue weighted by atomic mass is 16.3. The number of Topliss-reactive ketones (excluding diaryl/α,β-unsaturated/α-hetero) is 1. The van der Waals surface area contributed by atoms with Crippen LogP contribution < -0.4 is 0 Å². The molecule has 1 aromatic carbocycles. The van der Waals surface area contributed by atoms with E-state index in [2.05, 4.69) is 6.92 Å². The van der Waals surface area contributed by atoms with Crippen molar-refractivity contribution in [2.75, 3.05) is 19.7 Å². The average molecular weight is 301 g/mol. The molecule has 0 spiro atoms. The van der Waals surface area contributed by atoms with E-state index >= 15 is 0 Å². The number of aliphatic hydroxyl groups excluding tert-OH is 1. The first-order chi connectivity index (χ1) is 10.6. The van der Waals surface area contributed by atoms with E-state index in [4.69, 9.17) is 0 Å². The van der Waals surface area contributed by atoms with Gasteiger partial charge in [-0.3, -0.25) is 9.59 Å². The van der Waals surface area contributed by atoms with Crippen molar-refractivity contribution in [3.8, 4) is 0 Å². The van der Waals surface area contributed by atoms with E-state index in [9.17, 15) is 14.7 Å². The lowest BCUT2D eigenvalue weighted by atomic mass is 9.85. The number of rotatable bonds is 3. The molecule has 1 heterocycles. The van der Waals surface area contributed by atoms with Gasteiger partial charge in [0, 0.05) is 37.2 Å². The molecule has 1 atom stereocenters. The number of piperidine rings is 1. The molecule has 1 aliphatic heterocycles. The summed E-state index contributed by atoms with van der Waals surface area (Å²) in [6.45, 7) is 3.77. The Morgan fingerprint density at radius 1 is 1.32 bits per heavy atom. The molecule has 4 heteroatoms. The van der Waals surface area contributed by atoms with Gasteiger partial charge in [0.15, 0.2) is 5.78 Å². The predicted octanol–water partition coefficient (Wildman–Crippen LogP) is 2.30. The molecule has 1 fully saturated rings. The average Bonchev–Trinajstić information content (AvgIpc) is 2.95. The van der Waals surface area contributed by atoms with E-state index < -0.39 is 0 Å². The maximum absolute atomic E-state index is 12.8. The van der Waals surface area contributed by atoms with Gasteiger partial charge in [-0.1, -0.05) is 19.1 Å².